The van der Waals surface area contributed by atoms with E-state index in [0.29, 0.717) is 19.4 Å². The average Bonchev–Trinajstić information content (AvgIpc) is 3.10. The molecular formula is C14H21N5O3S. The number of nitrogens with one attached hydrogen (secondary N) is 1. The predicted molar refractivity (Wildman–Crippen MR) is 82.9 cm³/mol. The fourth-order valence-corrected chi connectivity index (χ4v) is 4.08. The van der Waals surface area contributed by atoms with E-state index >= 15 is 0 Å². The Morgan fingerprint density at radius 1 is 1.35 bits per heavy atom. The van der Waals surface area contributed by atoms with Gasteiger partial charge in [0.15, 0.2) is 0 Å². The minimum absolute atomic E-state index is 0.0604. The molecule has 2 heterocycles. The summed E-state index contributed by atoms with van der Waals surface area (Å²) in [4.78, 5) is 0.146. The summed E-state index contributed by atoms with van der Waals surface area (Å²) < 4.78 is 31.2. The summed E-state index contributed by atoms with van der Waals surface area (Å²) in [5.74, 6) is 0.0604. The van der Waals surface area contributed by atoms with Gasteiger partial charge < -0.3 is 5.11 Å². The second kappa shape index (κ2) is 6.06. The molecule has 126 valence electrons. The lowest BCUT2D eigenvalue weighted by Crippen LogP contribution is -2.41. The number of aryl methyl sites for hydroxylation is 2. The van der Waals surface area contributed by atoms with Crippen LogP contribution in [0.5, 0.6) is 0 Å². The molecule has 23 heavy (non-hydrogen) atoms. The molecule has 3 rings (SSSR count). The first-order chi connectivity index (χ1) is 10.9. The quantitative estimate of drug-likeness (QED) is 0.794. The molecule has 0 radical (unpaired) electrons. The fourth-order valence-electron chi connectivity index (χ4n) is 2.83. The van der Waals surface area contributed by atoms with E-state index in [2.05, 4.69) is 14.9 Å². The van der Waals surface area contributed by atoms with Crippen LogP contribution in [0.25, 0.3) is 0 Å². The first-order valence-corrected chi connectivity index (χ1v) is 9.08. The lowest BCUT2D eigenvalue weighted by atomic mass is 9.76. The zero-order chi connectivity index (χ0) is 16.6. The van der Waals surface area contributed by atoms with Gasteiger partial charge in [0.25, 0.3) is 0 Å². The highest BCUT2D eigenvalue weighted by atomic mass is 32.2. The Kier molecular flexibility index (Phi) is 4.26. The summed E-state index contributed by atoms with van der Waals surface area (Å²) in [6.07, 6.45) is 7.12. The number of aromatic nitrogens is 4. The highest BCUT2D eigenvalue weighted by Gasteiger charge is 2.38. The van der Waals surface area contributed by atoms with Crippen LogP contribution < -0.4 is 4.72 Å². The molecule has 0 unspecified atom stereocenters. The normalized spacial score (nSPS) is 22.7. The largest absolute Gasteiger partial charge is 0.393 e. The van der Waals surface area contributed by atoms with Gasteiger partial charge in [0.1, 0.15) is 4.90 Å². The van der Waals surface area contributed by atoms with Gasteiger partial charge in [0.05, 0.1) is 24.5 Å². The molecule has 0 bridgehead atoms. The van der Waals surface area contributed by atoms with E-state index in [0.717, 1.165) is 5.56 Å². The first-order valence-electron chi connectivity index (χ1n) is 7.60. The molecule has 0 spiro atoms. The van der Waals surface area contributed by atoms with Gasteiger partial charge in [-0.15, -0.1) is 0 Å². The number of nitrogens with zero attached hydrogens (tertiary/aromatic N) is 4. The highest BCUT2D eigenvalue weighted by molar-refractivity contribution is 7.89. The van der Waals surface area contributed by atoms with Gasteiger partial charge in [-0.3, -0.25) is 9.36 Å². The van der Waals surface area contributed by atoms with Gasteiger partial charge in [-0.25, -0.2) is 13.1 Å². The third-order valence-corrected chi connectivity index (χ3v) is 5.63. The van der Waals surface area contributed by atoms with Crippen LogP contribution in [0.2, 0.25) is 0 Å². The van der Waals surface area contributed by atoms with Crippen LogP contribution in [0.1, 0.15) is 31.4 Å². The van der Waals surface area contributed by atoms with Crippen molar-refractivity contribution in [3.05, 3.63) is 30.4 Å². The standard InChI is InChI=1S/C14H21N5O3S/c1-3-19-9-13(7-16-19)23(21,22)17-14(10-4-12(20)5-10)11-6-15-18(2)8-11/h6-10,12,14,17,20H,3-5H2,1-2H3/t10?,12?,14-/m1/s1. The average molecular weight is 339 g/mol. The summed E-state index contributed by atoms with van der Waals surface area (Å²) in [7, 11) is -1.89. The molecule has 0 saturated heterocycles. The van der Waals surface area contributed by atoms with Gasteiger partial charge in [-0.2, -0.15) is 10.2 Å². The van der Waals surface area contributed by atoms with Gasteiger partial charge in [0.2, 0.25) is 10.0 Å². The van der Waals surface area contributed by atoms with Crippen molar-refractivity contribution in [3.63, 3.8) is 0 Å². The van der Waals surface area contributed by atoms with E-state index < -0.39 is 16.1 Å². The van der Waals surface area contributed by atoms with Crippen LogP contribution in [0.15, 0.2) is 29.7 Å². The Morgan fingerprint density at radius 3 is 2.61 bits per heavy atom. The van der Waals surface area contributed by atoms with Crippen molar-refractivity contribution in [2.75, 3.05) is 0 Å². The van der Waals surface area contributed by atoms with Crippen molar-refractivity contribution in [3.8, 4) is 0 Å². The molecule has 1 aliphatic rings. The fraction of sp³-hybridized carbons (Fsp3) is 0.571. The Balaban J connectivity index is 1.85. The number of aliphatic hydroxyl groups excluding tert-OH is 1. The number of hydrogen-bond acceptors (Lipinski definition) is 5. The summed E-state index contributed by atoms with van der Waals surface area (Å²) in [5.41, 5.74) is 0.802. The second-order valence-electron chi connectivity index (χ2n) is 5.96. The Morgan fingerprint density at radius 2 is 2.09 bits per heavy atom. The third kappa shape index (κ3) is 3.31. The van der Waals surface area contributed by atoms with Crippen LogP contribution in [0.4, 0.5) is 0 Å². The molecule has 9 heteroatoms. The molecule has 0 amide bonds. The van der Waals surface area contributed by atoms with E-state index in [1.165, 1.54) is 12.4 Å². The van der Waals surface area contributed by atoms with Gasteiger partial charge in [-0.1, -0.05) is 0 Å². The van der Waals surface area contributed by atoms with E-state index in [9.17, 15) is 13.5 Å². The van der Waals surface area contributed by atoms with E-state index in [-0.39, 0.29) is 16.9 Å². The van der Waals surface area contributed by atoms with Crippen LogP contribution in [-0.2, 0) is 23.6 Å². The maximum atomic E-state index is 12.6. The zero-order valence-corrected chi connectivity index (χ0v) is 13.9. The molecule has 2 aromatic heterocycles. The minimum atomic E-state index is -3.68. The zero-order valence-electron chi connectivity index (χ0n) is 13.1. The molecule has 0 aromatic carbocycles. The van der Waals surface area contributed by atoms with Gasteiger partial charge >= 0.3 is 0 Å². The van der Waals surface area contributed by atoms with Crippen LogP contribution in [0.3, 0.4) is 0 Å². The van der Waals surface area contributed by atoms with Crippen molar-refractivity contribution in [1.82, 2.24) is 24.3 Å². The number of sulfonamides is 1. The van der Waals surface area contributed by atoms with E-state index in [1.54, 1.807) is 28.8 Å². The monoisotopic (exact) mass is 339 g/mol. The predicted octanol–water partition coefficient (Wildman–Crippen LogP) is 0.427. The van der Waals surface area contributed by atoms with Crippen LogP contribution >= 0.6 is 0 Å². The van der Waals surface area contributed by atoms with Crippen LogP contribution in [0, 0.1) is 5.92 Å². The molecule has 1 fully saturated rings. The third-order valence-electron chi connectivity index (χ3n) is 4.23. The van der Waals surface area contributed by atoms with Crippen molar-refractivity contribution in [2.24, 2.45) is 13.0 Å². The molecule has 0 aliphatic heterocycles. The SMILES string of the molecule is CCn1cc(S(=O)(=O)N[C@@H](c2cnn(C)c2)C2CC(O)C2)cn1. The maximum absolute atomic E-state index is 12.6. The number of hydrogen-bond donors (Lipinski definition) is 2. The molecule has 1 aliphatic carbocycles. The number of aliphatic hydroxyl groups is 1. The molecular weight excluding hydrogens is 318 g/mol. The second-order valence-corrected chi connectivity index (χ2v) is 7.68. The maximum Gasteiger partial charge on any atom is 0.244 e. The molecule has 8 nitrogen and oxygen atoms in total. The Hall–Kier alpha value is -1.71. The Bertz CT molecular complexity index is 776. The van der Waals surface area contributed by atoms with Crippen LogP contribution in [-0.4, -0.2) is 39.2 Å². The first kappa shape index (κ1) is 16.2. The van der Waals surface area contributed by atoms with E-state index in [4.69, 9.17) is 0 Å². The van der Waals surface area contributed by atoms with E-state index in [1.807, 2.05) is 6.92 Å². The summed E-state index contributed by atoms with van der Waals surface area (Å²) in [6, 6.07) is -0.401. The molecule has 1 atom stereocenters. The lowest BCUT2D eigenvalue weighted by molar-refractivity contribution is 0.0280. The summed E-state index contributed by atoms with van der Waals surface area (Å²) >= 11 is 0. The Labute approximate surface area is 135 Å². The smallest absolute Gasteiger partial charge is 0.244 e. The molecule has 1 saturated carbocycles. The van der Waals surface area contributed by atoms with Crippen molar-refractivity contribution < 1.29 is 13.5 Å². The number of rotatable bonds is 6. The van der Waals surface area contributed by atoms with Crippen molar-refractivity contribution >= 4 is 10.0 Å². The molecule has 2 N–H and O–H groups in total. The lowest BCUT2D eigenvalue weighted by Gasteiger charge is -2.37. The summed E-state index contributed by atoms with van der Waals surface area (Å²) in [6.45, 7) is 2.50. The minimum Gasteiger partial charge on any atom is -0.393 e. The topological polar surface area (TPSA) is 102 Å². The highest BCUT2D eigenvalue weighted by Crippen LogP contribution is 2.38. The van der Waals surface area contributed by atoms with Gasteiger partial charge in [0, 0.05) is 31.5 Å². The summed E-state index contributed by atoms with van der Waals surface area (Å²) in [5, 5.41) is 17.7. The van der Waals surface area contributed by atoms with Crippen molar-refractivity contribution in [1.29, 1.82) is 0 Å². The van der Waals surface area contributed by atoms with Gasteiger partial charge in [-0.05, 0) is 25.7 Å². The molecule has 2 aromatic rings. The van der Waals surface area contributed by atoms with Crippen molar-refractivity contribution in [2.45, 2.75) is 43.4 Å².